The molecule has 4 aliphatic rings. The first-order valence-electron chi connectivity index (χ1n) is 13.4. The normalized spacial score (nSPS) is 42.5. The maximum absolute atomic E-state index is 13.6. The van der Waals surface area contributed by atoms with Crippen LogP contribution in [0.2, 0.25) is 0 Å². The van der Waals surface area contributed by atoms with Crippen LogP contribution >= 0.6 is 0 Å². The van der Waals surface area contributed by atoms with Crippen LogP contribution in [-0.2, 0) is 11.3 Å². The van der Waals surface area contributed by atoms with Gasteiger partial charge in [0.25, 0.3) is 0 Å². The fourth-order valence-electron chi connectivity index (χ4n) is 9.44. The molecule has 0 N–H and O–H groups in total. The van der Waals surface area contributed by atoms with Crippen molar-refractivity contribution in [3.8, 4) is 0 Å². The summed E-state index contributed by atoms with van der Waals surface area (Å²) < 4.78 is 15.4. The molecular formula is C29H39FN2O. The van der Waals surface area contributed by atoms with E-state index in [1.807, 2.05) is 0 Å². The van der Waals surface area contributed by atoms with Gasteiger partial charge < -0.3 is 0 Å². The highest BCUT2D eigenvalue weighted by atomic mass is 19.1. The van der Waals surface area contributed by atoms with E-state index in [0.717, 1.165) is 41.0 Å². The molecule has 0 spiro atoms. The van der Waals surface area contributed by atoms with Crippen LogP contribution in [0.4, 0.5) is 4.39 Å². The van der Waals surface area contributed by atoms with E-state index in [1.54, 1.807) is 16.9 Å². The number of rotatable bonds is 3. The van der Waals surface area contributed by atoms with E-state index < -0.39 is 0 Å². The number of nitrogens with zero attached hydrogens (tertiary/aromatic N) is 2. The topological polar surface area (TPSA) is 34.9 Å². The van der Waals surface area contributed by atoms with Crippen LogP contribution in [-0.4, -0.2) is 15.6 Å². The smallest absolute Gasteiger partial charge is 0.157 e. The Hall–Kier alpha value is -1.71. The zero-order valence-corrected chi connectivity index (χ0v) is 20.5. The van der Waals surface area contributed by atoms with Crippen molar-refractivity contribution in [3.63, 3.8) is 0 Å². The van der Waals surface area contributed by atoms with Gasteiger partial charge in [-0.3, -0.25) is 9.48 Å². The largest absolute Gasteiger partial charge is 0.297 e. The van der Waals surface area contributed by atoms with Crippen molar-refractivity contribution in [2.45, 2.75) is 85.1 Å². The molecule has 0 saturated heterocycles. The molecule has 2 aromatic rings. The summed E-state index contributed by atoms with van der Waals surface area (Å²) in [4.78, 5) is 13.6. The van der Waals surface area contributed by atoms with Crippen LogP contribution in [0.25, 0.3) is 10.9 Å². The maximum Gasteiger partial charge on any atom is 0.157 e. The van der Waals surface area contributed by atoms with E-state index in [2.05, 4.69) is 25.9 Å². The molecule has 4 heteroatoms. The Bertz CT molecular complexity index is 1080. The highest BCUT2D eigenvalue weighted by Gasteiger charge is 2.60. The summed E-state index contributed by atoms with van der Waals surface area (Å²) in [5.41, 5.74) is 1.52. The summed E-state index contributed by atoms with van der Waals surface area (Å²) in [6.45, 7) is 7.84. The van der Waals surface area contributed by atoms with Gasteiger partial charge in [-0.2, -0.15) is 5.10 Å². The van der Waals surface area contributed by atoms with Crippen molar-refractivity contribution < 1.29 is 9.18 Å². The Kier molecular flexibility index (Phi) is 5.05. The Morgan fingerprint density at radius 2 is 1.85 bits per heavy atom. The zero-order valence-electron chi connectivity index (χ0n) is 20.5. The second kappa shape index (κ2) is 7.65. The summed E-state index contributed by atoms with van der Waals surface area (Å²) >= 11 is 0. The maximum atomic E-state index is 13.6. The lowest BCUT2D eigenvalue weighted by molar-refractivity contribution is -0.137. The minimum Gasteiger partial charge on any atom is -0.297 e. The monoisotopic (exact) mass is 450 g/mol. The fraction of sp³-hybridized carbons (Fsp3) is 0.724. The molecule has 0 radical (unpaired) electrons. The van der Waals surface area contributed by atoms with E-state index >= 15 is 0 Å². The number of hydrogen-bond acceptors (Lipinski definition) is 2. The number of Topliss-reactive ketones (excluding diaryl/α,β-unsaturated/α-hetero) is 1. The van der Waals surface area contributed by atoms with E-state index in [1.165, 1.54) is 63.5 Å². The highest BCUT2D eigenvalue weighted by molar-refractivity contribution is 5.85. The van der Waals surface area contributed by atoms with E-state index in [-0.39, 0.29) is 17.2 Å². The van der Waals surface area contributed by atoms with Gasteiger partial charge in [-0.15, -0.1) is 0 Å². The molecule has 0 amide bonds. The lowest BCUT2D eigenvalue weighted by Crippen LogP contribution is -2.53. The van der Waals surface area contributed by atoms with Gasteiger partial charge in [0, 0.05) is 11.3 Å². The first kappa shape index (κ1) is 21.8. The minimum absolute atomic E-state index is 0.137. The zero-order chi connectivity index (χ0) is 23.0. The minimum atomic E-state index is -0.257. The number of benzene rings is 1. The van der Waals surface area contributed by atoms with E-state index in [0.29, 0.717) is 23.7 Å². The van der Waals surface area contributed by atoms with Gasteiger partial charge in [-0.1, -0.05) is 27.2 Å². The predicted octanol–water partition coefficient (Wildman–Crippen LogP) is 7.04. The molecule has 6 rings (SSSR count). The summed E-state index contributed by atoms with van der Waals surface area (Å²) in [5.74, 6) is 4.41. The van der Waals surface area contributed by atoms with Gasteiger partial charge in [-0.05, 0) is 110 Å². The molecule has 0 bridgehead atoms. The summed E-state index contributed by atoms with van der Waals surface area (Å²) in [7, 11) is 0. The second-order valence-electron chi connectivity index (χ2n) is 12.7. The first-order chi connectivity index (χ1) is 15.8. The quantitative estimate of drug-likeness (QED) is 0.503. The molecule has 1 heterocycles. The van der Waals surface area contributed by atoms with Gasteiger partial charge in [0.15, 0.2) is 5.78 Å². The van der Waals surface area contributed by atoms with Crippen molar-refractivity contribution in [3.05, 3.63) is 30.2 Å². The molecule has 33 heavy (non-hydrogen) atoms. The lowest BCUT2D eigenvalue weighted by Gasteiger charge is -2.61. The summed E-state index contributed by atoms with van der Waals surface area (Å²) in [6, 6.07) is 4.71. The van der Waals surface area contributed by atoms with Crippen molar-refractivity contribution >= 4 is 16.7 Å². The van der Waals surface area contributed by atoms with Crippen molar-refractivity contribution in [2.24, 2.45) is 46.3 Å². The van der Waals surface area contributed by atoms with Crippen molar-refractivity contribution in [1.82, 2.24) is 9.78 Å². The molecule has 3 nitrogen and oxygen atoms in total. The van der Waals surface area contributed by atoms with Gasteiger partial charge in [0.2, 0.25) is 0 Å². The van der Waals surface area contributed by atoms with E-state index in [4.69, 9.17) is 0 Å². The fourth-order valence-corrected chi connectivity index (χ4v) is 9.44. The van der Waals surface area contributed by atoms with Crippen molar-refractivity contribution in [2.75, 3.05) is 0 Å². The number of ketones is 1. The number of fused-ring (bicyclic) bond motifs is 6. The van der Waals surface area contributed by atoms with Crippen molar-refractivity contribution in [1.29, 1.82) is 0 Å². The average molecular weight is 451 g/mol. The Morgan fingerprint density at radius 3 is 2.70 bits per heavy atom. The Balaban J connectivity index is 1.22. The molecule has 4 saturated carbocycles. The second-order valence-corrected chi connectivity index (χ2v) is 12.7. The first-order valence-corrected chi connectivity index (χ1v) is 13.4. The number of carbonyl (C=O) groups is 1. The molecule has 0 aliphatic heterocycles. The lowest BCUT2D eigenvalue weighted by atomic mass is 9.44. The van der Waals surface area contributed by atoms with E-state index in [9.17, 15) is 9.18 Å². The SMILES string of the molecule is CC1CCC2(C)C(CCC3C2CCC2(C)C(C(=O)Cn4ncc5cc(F)ccc54)CCC32)C1. The number of aromatic nitrogens is 2. The molecule has 4 fully saturated rings. The predicted molar refractivity (Wildman–Crippen MR) is 129 cm³/mol. The molecule has 4 aliphatic carbocycles. The molecule has 1 aromatic heterocycles. The third-order valence-corrected chi connectivity index (χ3v) is 11.2. The Morgan fingerprint density at radius 1 is 1.06 bits per heavy atom. The average Bonchev–Trinajstić information content (AvgIpc) is 3.34. The van der Waals surface area contributed by atoms with Crippen LogP contribution < -0.4 is 0 Å². The van der Waals surface area contributed by atoms with Crippen LogP contribution in [0.1, 0.15) is 78.6 Å². The van der Waals surface area contributed by atoms with Crippen LogP contribution in [0, 0.1) is 52.2 Å². The number of halogens is 1. The number of carbonyl (C=O) groups excluding carboxylic acids is 1. The van der Waals surface area contributed by atoms with Gasteiger partial charge >= 0.3 is 0 Å². The molecule has 8 atom stereocenters. The van der Waals surface area contributed by atoms with Gasteiger partial charge in [0.1, 0.15) is 12.4 Å². The van der Waals surface area contributed by atoms with Crippen LogP contribution in [0.5, 0.6) is 0 Å². The molecule has 178 valence electrons. The number of hydrogen-bond donors (Lipinski definition) is 0. The van der Waals surface area contributed by atoms with Gasteiger partial charge in [-0.25, -0.2) is 4.39 Å². The van der Waals surface area contributed by atoms with Crippen LogP contribution in [0.15, 0.2) is 24.4 Å². The highest BCUT2D eigenvalue weighted by Crippen LogP contribution is 2.67. The standard InChI is InChI=1S/C29H39FN2O/c1-18-10-12-28(2)20(14-18)4-6-22-23-7-8-25(29(23,3)13-11-24(22)28)27(33)17-32-26-9-5-21(30)15-19(26)16-31-32/h5,9,15-16,18,20,22-25H,4,6-8,10-14,17H2,1-3H3. The molecule has 1 aromatic carbocycles. The van der Waals surface area contributed by atoms with Crippen LogP contribution in [0.3, 0.4) is 0 Å². The summed E-state index contributed by atoms with van der Waals surface area (Å²) in [6.07, 6.45) is 13.5. The Labute approximate surface area is 197 Å². The molecular weight excluding hydrogens is 411 g/mol. The molecule has 8 unspecified atom stereocenters. The van der Waals surface area contributed by atoms with Gasteiger partial charge in [0.05, 0.1) is 11.7 Å². The third-order valence-electron chi connectivity index (χ3n) is 11.2. The summed E-state index contributed by atoms with van der Waals surface area (Å²) in [5, 5.41) is 5.20. The third kappa shape index (κ3) is 3.26.